The molecule has 0 saturated carbocycles. The van der Waals surface area contributed by atoms with Gasteiger partial charge in [-0.25, -0.2) is 0 Å². The molecule has 0 aromatic heterocycles. The minimum Gasteiger partial charge on any atom is -0.324 e. The van der Waals surface area contributed by atoms with Crippen LogP contribution in [-0.2, 0) is 0 Å². The first-order valence-electron chi connectivity index (χ1n) is 7.19. The molecule has 0 rings (SSSR count). The largest absolute Gasteiger partial charge is 0.324 e. The van der Waals surface area contributed by atoms with Crippen molar-refractivity contribution in [1.82, 2.24) is 0 Å². The Kier molecular flexibility index (Phi) is 8.21. The zero-order valence-corrected chi connectivity index (χ0v) is 13.1. The number of allylic oxidation sites excluding steroid dienone is 2. The van der Waals surface area contributed by atoms with E-state index in [2.05, 4.69) is 41.3 Å². The van der Waals surface area contributed by atoms with E-state index >= 15 is 0 Å². The van der Waals surface area contributed by atoms with Gasteiger partial charge in [-0.1, -0.05) is 12.2 Å². The summed E-state index contributed by atoms with van der Waals surface area (Å²) in [5, 5.41) is 0. The van der Waals surface area contributed by atoms with Crippen LogP contribution in [0.2, 0.25) is 0 Å². The average molecular weight is 254 g/mol. The summed E-state index contributed by atoms with van der Waals surface area (Å²) in [4.78, 5) is 0. The van der Waals surface area contributed by atoms with Crippen LogP contribution in [0.4, 0.5) is 0 Å². The number of nitrogens with zero attached hydrogens (tertiary/aromatic N) is 2. The maximum absolute atomic E-state index is 3.79. The van der Waals surface area contributed by atoms with Gasteiger partial charge in [-0.05, 0) is 25.7 Å². The molecule has 0 atom stereocenters. The van der Waals surface area contributed by atoms with E-state index in [4.69, 9.17) is 0 Å². The summed E-state index contributed by atoms with van der Waals surface area (Å²) >= 11 is 0. The summed E-state index contributed by atoms with van der Waals surface area (Å²) in [6, 6.07) is 0. The van der Waals surface area contributed by atoms with Gasteiger partial charge in [0.2, 0.25) is 0 Å². The lowest BCUT2D eigenvalue weighted by molar-refractivity contribution is -0.946. The van der Waals surface area contributed by atoms with E-state index in [9.17, 15) is 0 Å². The van der Waals surface area contributed by atoms with Crippen molar-refractivity contribution in [3.8, 4) is 0 Å². The number of hydrogen-bond acceptors (Lipinski definition) is 0. The monoisotopic (exact) mass is 254 g/mol. The molecule has 0 aromatic rings. The molecule has 0 amide bonds. The Morgan fingerprint density at radius 1 is 0.667 bits per heavy atom. The quantitative estimate of drug-likeness (QED) is 0.302. The van der Waals surface area contributed by atoms with E-state index in [0.717, 1.165) is 21.8 Å². The number of hydrogen-bond donors (Lipinski definition) is 0. The molecule has 0 aromatic carbocycles. The first-order chi connectivity index (χ1) is 8.33. The maximum Gasteiger partial charge on any atom is 0.128 e. The zero-order valence-electron chi connectivity index (χ0n) is 13.1. The van der Waals surface area contributed by atoms with E-state index in [1.54, 1.807) is 0 Å². The molecule has 0 fully saturated rings. The standard InChI is InChI=1S/C16H34N2/c1-7-9-11-13-17(3,4)15-16-18(5,6)14-12-10-8-2/h7-8H,1-2,9-16H2,3-6H3/q+2. The predicted octanol–water partition coefficient (Wildman–Crippen LogP) is 3.07. The van der Waals surface area contributed by atoms with Crippen molar-refractivity contribution < 1.29 is 8.97 Å². The Labute approximate surface area is 115 Å². The second-order valence-corrected chi connectivity index (χ2v) is 6.63. The van der Waals surface area contributed by atoms with E-state index in [-0.39, 0.29) is 0 Å². The van der Waals surface area contributed by atoms with Gasteiger partial charge in [-0.15, -0.1) is 13.2 Å². The van der Waals surface area contributed by atoms with Crippen LogP contribution < -0.4 is 0 Å². The highest BCUT2D eigenvalue weighted by molar-refractivity contribution is 4.65. The summed E-state index contributed by atoms with van der Waals surface area (Å²) in [5.41, 5.74) is 0. The molecule has 0 aliphatic carbocycles. The van der Waals surface area contributed by atoms with Crippen LogP contribution in [0.1, 0.15) is 25.7 Å². The highest BCUT2D eigenvalue weighted by atomic mass is 15.4. The number of likely N-dealkylation sites (N-methyl/N-ethyl adjacent to an activating group) is 2. The van der Waals surface area contributed by atoms with Gasteiger partial charge in [0.25, 0.3) is 0 Å². The van der Waals surface area contributed by atoms with Crippen LogP contribution in [0.15, 0.2) is 25.3 Å². The zero-order chi connectivity index (χ0) is 14.1. The minimum absolute atomic E-state index is 1.12. The van der Waals surface area contributed by atoms with Crippen molar-refractivity contribution in [3.63, 3.8) is 0 Å². The van der Waals surface area contributed by atoms with Gasteiger partial charge in [0.1, 0.15) is 13.1 Å². The number of quaternary nitrogens is 2. The Bertz CT molecular complexity index is 215. The SMILES string of the molecule is C=CCCC[N+](C)(C)CC[N+](C)(C)CCCC=C. The molecule has 2 nitrogen and oxygen atoms in total. The Balaban J connectivity index is 3.95. The normalized spacial score (nSPS) is 12.4. The third-order valence-electron chi connectivity index (χ3n) is 3.65. The topological polar surface area (TPSA) is 0 Å². The Hall–Kier alpha value is -0.600. The van der Waals surface area contributed by atoms with Gasteiger partial charge in [-0.2, -0.15) is 0 Å². The van der Waals surface area contributed by atoms with Gasteiger partial charge in [0.05, 0.1) is 41.3 Å². The minimum atomic E-state index is 1.12. The first kappa shape index (κ1) is 17.4. The van der Waals surface area contributed by atoms with Crippen molar-refractivity contribution in [3.05, 3.63) is 25.3 Å². The maximum atomic E-state index is 3.79. The number of rotatable bonds is 11. The molecule has 0 N–H and O–H groups in total. The molecule has 0 bridgehead atoms. The fourth-order valence-electron chi connectivity index (χ4n) is 2.09. The van der Waals surface area contributed by atoms with E-state index in [1.807, 2.05) is 12.2 Å². The van der Waals surface area contributed by atoms with E-state index in [0.29, 0.717) is 0 Å². The highest BCUT2D eigenvalue weighted by Gasteiger charge is 2.21. The van der Waals surface area contributed by atoms with Crippen molar-refractivity contribution in [1.29, 1.82) is 0 Å². The summed E-state index contributed by atoms with van der Waals surface area (Å²) in [7, 11) is 9.36. The first-order valence-corrected chi connectivity index (χ1v) is 7.19. The molecule has 0 saturated heterocycles. The van der Waals surface area contributed by atoms with Gasteiger partial charge in [-0.3, -0.25) is 0 Å². The fourth-order valence-corrected chi connectivity index (χ4v) is 2.09. The molecule has 106 valence electrons. The predicted molar refractivity (Wildman–Crippen MR) is 82.5 cm³/mol. The van der Waals surface area contributed by atoms with Crippen LogP contribution >= 0.6 is 0 Å². The third kappa shape index (κ3) is 9.43. The molecule has 0 spiro atoms. The molecule has 2 heteroatoms. The molecular weight excluding hydrogens is 220 g/mol. The van der Waals surface area contributed by atoms with Crippen LogP contribution in [-0.4, -0.2) is 63.3 Å². The van der Waals surface area contributed by atoms with Crippen LogP contribution in [0.3, 0.4) is 0 Å². The second kappa shape index (κ2) is 8.49. The average Bonchev–Trinajstić information content (AvgIpc) is 2.27. The molecule has 0 heterocycles. The third-order valence-corrected chi connectivity index (χ3v) is 3.65. The van der Waals surface area contributed by atoms with Gasteiger partial charge in [0, 0.05) is 0 Å². The second-order valence-electron chi connectivity index (χ2n) is 6.63. The van der Waals surface area contributed by atoms with Gasteiger partial charge in [0.15, 0.2) is 0 Å². The van der Waals surface area contributed by atoms with E-state index in [1.165, 1.54) is 39.0 Å². The molecule has 18 heavy (non-hydrogen) atoms. The van der Waals surface area contributed by atoms with Crippen molar-refractivity contribution >= 4 is 0 Å². The smallest absolute Gasteiger partial charge is 0.128 e. The molecular formula is C16H34N2+2. The van der Waals surface area contributed by atoms with Crippen LogP contribution in [0.25, 0.3) is 0 Å². The van der Waals surface area contributed by atoms with Crippen molar-refractivity contribution in [2.75, 3.05) is 54.4 Å². The molecule has 0 aliphatic heterocycles. The van der Waals surface area contributed by atoms with Gasteiger partial charge >= 0.3 is 0 Å². The van der Waals surface area contributed by atoms with Crippen molar-refractivity contribution in [2.45, 2.75) is 25.7 Å². The Morgan fingerprint density at radius 3 is 1.28 bits per heavy atom. The fraction of sp³-hybridized carbons (Fsp3) is 0.750. The molecule has 0 aliphatic rings. The Morgan fingerprint density at radius 2 is 1.00 bits per heavy atom. The van der Waals surface area contributed by atoms with E-state index < -0.39 is 0 Å². The molecule has 0 unspecified atom stereocenters. The van der Waals surface area contributed by atoms with Crippen LogP contribution in [0.5, 0.6) is 0 Å². The molecule has 0 radical (unpaired) electrons. The van der Waals surface area contributed by atoms with Crippen molar-refractivity contribution in [2.24, 2.45) is 0 Å². The summed E-state index contributed by atoms with van der Waals surface area (Å²) in [6.45, 7) is 12.6. The number of unbranched alkanes of at least 4 members (excludes halogenated alkanes) is 2. The highest BCUT2D eigenvalue weighted by Crippen LogP contribution is 2.07. The summed E-state index contributed by atoms with van der Waals surface area (Å²) in [5.74, 6) is 0. The van der Waals surface area contributed by atoms with Crippen LogP contribution in [0, 0.1) is 0 Å². The summed E-state index contributed by atoms with van der Waals surface area (Å²) in [6.07, 6.45) is 8.82. The van der Waals surface area contributed by atoms with Gasteiger partial charge < -0.3 is 8.97 Å². The lowest BCUT2D eigenvalue weighted by atomic mass is 10.2. The lowest BCUT2D eigenvalue weighted by Gasteiger charge is -2.35. The lowest BCUT2D eigenvalue weighted by Crippen LogP contribution is -2.51. The summed E-state index contributed by atoms with van der Waals surface area (Å²) < 4.78 is 2.24.